The molecular formula is C32H45F7O. The third-order valence-corrected chi connectivity index (χ3v) is 10.3. The number of hydrogen-bond donors (Lipinski definition) is 0. The van der Waals surface area contributed by atoms with Crippen LogP contribution in [0.4, 0.5) is 30.7 Å². The van der Waals surface area contributed by atoms with Crippen molar-refractivity contribution in [2.75, 3.05) is 0 Å². The SMILES string of the molecule is CCCCCC1CCC(C2CCC(C3CCC(c4ccc(OC(F)(F)C(F)C(F)(F)F)c(F)c4)CC3)CC2)CC1. The first kappa shape index (κ1) is 31.5. The Morgan fingerprint density at radius 3 is 1.73 bits per heavy atom. The van der Waals surface area contributed by atoms with Crippen LogP contribution < -0.4 is 4.74 Å². The fourth-order valence-electron chi connectivity index (χ4n) is 7.89. The molecule has 0 bridgehead atoms. The lowest BCUT2D eigenvalue weighted by atomic mass is 9.64. The zero-order chi connectivity index (χ0) is 28.9. The summed E-state index contributed by atoms with van der Waals surface area (Å²) in [5.41, 5.74) is 0.619. The molecule has 3 saturated carbocycles. The van der Waals surface area contributed by atoms with Crippen molar-refractivity contribution in [2.24, 2.45) is 29.6 Å². The Labute approximate surface area is 234 Å². The highest BCUT2D eigenvalue weighted by atomic mass is 19.4. The second-order valence-corrected chi connectivity index (χ2v) is 12.8. The van der Waals surface area contributed by atoms with Crippen LogP contribution >= 0.6 is 0 Å². The van der Waals surface area contributed by atoms with Crippen molar-refractivity contribution in [3.8, 4) is 5.75 Å². The standard InChI is InChI=1S/C32H45F7O/c1-2-3-4-5-21-6-8-22(9-7-21)23-10-12-24(13-11-23)25-14-16-26(17-15-25)27-18-19-29(28(33)20-27)40-32(38,39)30(34)31(35,36)37/h18-26,30H,2-17H2,1H3. The van der Waals surface area contributed by atoms with Crippen LogP contribution in [0.5, 0.6) is 5.75 Å². The molecule has 8 heteroatoms. The Morgan fingerprint density at radius 2 is 1.25 bits per heavy atom. The quantitative estimate of drug-likeness (QED) is 0.198. The summed E-state index contributed by atoms with van der Waals surface area (Å²) >= 11 is 0. The van der Waals surface area contributed by atoms with Gasteiger partial charge in [0.05, 0.1) is 0 Å². The van der Waals surface area contributed by atoms with Crippen LogP contribution in [-0.2, 0) is 0 Å². The first-order chi connectivity index (χ1) is 19.0. The van der Waals surface area contributed by atoms with Crippen molar-refractivity contribution < 1.29 is 35.5 Å². The van der Waals surface area contributed by atoms with Crippen LogP contribution in [0.1, 0.15) is 121 Å². The van der Waals surface area contributed by atoms with Gasteiger partial charge in [0.15, 0.2) is 11.6 Å². The number of rotatable bonds is 10. The molecule has 1 aromatic rings. The molecule has 0 aliphatic heterocycles. The third kappa shape index (κ3) is 8.08. The Hall–Kier alpha value is -1.47. The van der Waals surface area contributed by atoms with Crippen molar-refractivity contribution in [2.45, 2.75) is 134 Å². The summed E-state index contributed by atoms with van der Waals surface area (Å²) in [5.74, 6) is 1.89. The molecule has 0 radical (unpaired) electrons. The van der Waals surface area contributed by atoms with Gasteiger partial charge < -0.3 is 4.74 Å². The topological polar surface area (TPSA) is 9.23 Å². The van der Waals surface area contributed by atoms with Gasteiger partial charge in [0.2, 0.25) is 0 Å². The smallest absolute Gasteiger partial charge is 0.427 e. The molecule has 0 spiro atoms. The van der Waals surface area contributed by atoms with Gasteiger partial charge in [-0.25, -0.2) is 8.78 Å². The molecule has 1 atom stereocenters. The van der Waals surface area contributed by atoms with E-state index in [4.69, 9.17) is 0 Å². The van der Waals surface area contributed by atoms with Gasteiger partial charge in [-0.05, 0) is 117 Å². The van der Waals surface area contributed by atoms with Gasteiger partial charge in [0.1, 0.15) is 0 Å². The Balaban J connectivity index is 1.20. The number of hydrogen-bond acceptors (Lipinski definition) is 1. The van der Waals surface area contributed by atoms with E-state index in [0.717, 1.165) is 61.5 Å². The second-order valence-electron chi connectivity index (χ2n) is 12.8. The fraction of sp³-hybridized carbons (Fsp3) is 0.812. The van der Waals surface area contributed by atoms with Gasteiger partial charge in [0, 0.05) is 0 Å². The molecule has 4 rings (SSSR count). The summed E-state index contributed by atoms with van der Waals surface area (Å²) in [5, 5.41) is 0. The highest BCUT2D eigenvalue weighted by molar-refractivity contribution is 5.32. The van der Waals surface area contributed by atoms with E-state index in [1.807, 2.05) is 0 Å². The van der Waals surface area contributed by atoms with Gasteiger partial charge in [-0.2, -0.15) is 22.0 Å². The van der Waals surface area contributed by atoms with E-state index in [0.29, 0.717) is 11.5 Å². The molecule has 0 aromatic heterocycles. The number of unbranched alkanes of at least 4 members (excludes halogenated alkanes) is 2. The number of halogens is 7. The summed E-state index contributed by atoms with van der Waals surface area (Å²) in [6, 6.07) is 3.33. The Kier molecular flexibility index (Phi) is 10.8. The zero-order valence-corrected chi connectivity index (χ0v) is 23.6. The largest absolute Gasteiger partial charge is 0.439 e. The summed E-state index contributed by atoms with van der Waals surface area (Å²) in [6.07, 6.45) is 4.59. The van der Waals surface area contributed by atoms with E-state index in [9.17, 15) is 30.7 Å². The number of alkyl halides is 6. The molecule has 1 unspecified atom stereocenters. The van der Waals surface area contributed by atoms with Crippen LogP contribution in [-0.4, -0.2) is 18.5 Å². The molecule has 1 nitrogen and oxygen atoms in total. The molecule has 1 aromatic carbocycles. The normalized spacial score (nSPS) is 31.1. The van der Waals surface area contributed by atoms with Crippen LogP contribution in [0.2, 0.25) is 0 Å². The molecule has 0 heterocycles. The van der Waals surface area contributed by atoms with Crippen molar-refractivity contribution in [3.63, 3.8) is 0 Å². The first-order valence-corrected chi connectivity index (χ1v) is 15.5. The van der Waals surface area contributed by atoms with Crippen LogP contribution in [0.15, 0.2) is 18.2 Å². The predicted octanol–water partition coefficient (Wildman–Crippen LogP) is 11.2. The lowest BCUT2D eigenvalue weighted by Crippen LogP contribution is -2.45. The van der Waals surface area contributed by atoms with Crippen molar-refractivity contribution in [3.05, 3.63) is 29.6 Å². The predicted molar refractivity (Wildman–Crippen MR) is 143 cm³/mol. The fourth-order valence-corrected chi connectivity index (χ4v) is 7.89. The van der Waals surface area contributed by atoms with E-state index in [1.54, 1.807) is 0 Å². The third-order valence-electron chi connectivity index (χ3n) is 10.3. The molecule has 0 saturated heterocycles. The molecule has 3 aliphatic carbocycles. The molecule has 3 fully saturated rings. The highest BCUT2D eigenvalue weighted by Gasteiger charge is 2.59. The molecule has 3 aliphatic rings. The van der Waals surface area contributed by atoms with E-state index in [1.165, 1.54) is 83.1 Å². The number of benzene rings is 1. The minimum absolute atomic E-state index is 0.0632. The summed E-state index contributed by atoms with van der Waals surface area (Å²) < 4.78 is 95.6. The average Bonchev–Trinajstić information content (AvgIpc) is 2.94. The van der Waals surface area contributed by atoms with Gasteiger partial charge >= 0.3 is 12.3 Å². The van der Waals surface area contributed by atoms with Gasteiger partial charge in [-0.15, -0.1) is 0 Å². The number of ether oxygens (including phenoxy) is 1. The molecular weight excluding hydrogens is 533 g/mol. The van der Waals surface area contributed by atoms with E-state index < -0.39 is 30.0 Å². The monoisotopic (exact) mass is 578 g/mol. The van der Waals surface area contributed by atoms with Gasteiger partial charge in [-0.3, -0.25) is 0 Å². The van der Waals surface area contributed by atoms with Gasteiger partial charge in [0.25, 0.3) is 6.17 Å². The van der Waals surface area contributed by atoms with E-state index >= 15 is 0 Å². The Bertz CT molecular complexity index is 908. The van der Waals surface area contributed by atoms with Crippen LogP contribution in [0, 0.1) is 35.4 Å². The maximum absolute atomic E-state index is 14.5. The van der Waals surface area contributed by atoms with Crippen molar-refractivity contribution >= 4 is 0 Å². The maximum atomic E-state index is 14.5. The van der Waals surface area contributed by atoms with Gasteiger partial charge in [-0.1, -0.05) is 51.5 Å². The molecule has 0 N–H and O–H groups in total. The summed E-state index contributed by atoms with van der Waals surface area (Å²) in [4.78, 5) is 0. The van der Waals surface area contributed by atoms with Crippen LogP contribution in [0.25, 0.3) is 0 Å². The molecule has 0 amide bonds. The summed E-state index contributed by atoms with van der Waals surface area (Å²) in [7, 11) is 0. The van der Waals surface area contributed by atoms with Crippen LogP contribution in [0.3, 0.4) is 0 Å². The highest BCUT2D eigenvalue weighted by Crippen LogP contribution is 2.48. The lowest BCUT2D eigenvalue weighted by molar-refractivity contribution is -0.305. The molecule has 228 valence electrons. The minimum atomic E-state index is -5.81. The zero-order valence-electron chi connectivity index (χ0n) is 23.6. The van der Waals surface area contributed by atoms with E-state index in [-0.39, 0.29) is 5.92 Å². The van der Waals surface area contributed by atoms with E-state index in [2.05, 4.69) is 11.7 Å². The lowest BCUT2D eigenvalue weighted by Gasteiger charge is -2.41. The minimum Gasteiger partial charge on any atom is -0.427 e. The molecule has 40 heavy (non-hydrogen) atoms. The summed E-state index contributed by atoms with van der Waals surface area (Å²) in [6.45, 7) is 2.27. The maximum Gasteiger partial charge on any atom is 0.439 e. The second kappa shape index (κ2) is 13.7. The van der Waals surface area contributed by atoms with Crippen molar-refractivity contribution in [1.82, 2.24) is 0 Å². The average molecular weight is 579 g/mol. The first-order valence-electron chi connectivity index (χ1n) is 15.5. The van der Waals surface area contributed by atoms with Crippen molar-refractivity contribution in [1.29, 1.82) is 0 Å². The Morgan fingerprint density at radius 1 is 0.750 bits per heavy atom.